The van der Waals surface area contributed by atoms with Gasteiger partial charge in [0.05, 0.1) is 12.7 Å². The molecule has 0 spiro atoms. The Labute approximate surface area is 81.3 Å². The molecule has 0 radical (unpaired) electrons. The van der Waals surface area contributed by atoms with Crippen LogP contribution in [-0.2, 0) is 0 Å². The van der Waals surface area contributed by atoms with E-state index in [0.29, 0.717) is 0 Å². The number of hydrogen-bond acceptors (Lipinski definition) is 1. The summed E-state index contributed by atoms with van der Waals surface area (Å²) in [5.74, 6) is 1.20. The maximum atomic E-state index is 4.51. The predicted molar refractivity (Wildman–Crippen MR) is 56.8 cm³/mol. The van der Waals surface area contributed by atoms with Crippen molar-refractivity contribution in [2.45, 2.75) is 46.0 Å². The van der Waals surface area contributed by atoms with Gasteiger partial charge in [0.1, 0.15) is 6.20 Å². The second kappa shape index (κ2) is 5.18. The van der Waals surface area contributed by atoms with Crippen molar-refractivity contribution < 1.29 is 4.90 Å². The fourth-order valence-electron chi connectivity index (χ4n) is 1.55. The molecule has 0 aliphatic carbocycles. The van der Waals surface area contributed by atoms with Crippen LogP contribution >= 0.6 is 0 Å². The van der Waals surface area contributed by atoms with Crippen molar-refractivity contribution in [2.75, 3.05) is 7.05 Å². The Morgan fingerprint density at radius 1 is 1.31 bits per heavy atom. The van der Waals surface area contributed by atoms with E-state index >= 15 is 0 Å². The van der Waals surface area contributed by atoms with Gasteiger partial charge in [-0.2, -0.15) is 4.99 Å². The van der Waals surface area contributed by atoms with E-state index in [1.807, 2.05) is 0 Å². The van der Waals surface area contributed by atoms with Crippen LogP contribution in [0.3, 0.4) is 0 Å². The molecule has 13 heavy (non-hydrogen) atoms. The number of rotatable bonds is 5. The van der Waals surface area contributed by atoms with E-state index in [1.54, 1.807) is 0 Å². The van der Waals surface area contributed by atoms with Crippen LogP contribution in [0.2, 0.25) is 0 Å². The van der Waals surface area contributed by atoms with Gasteiger partial charge in [0.2, 0.25) is 5.84 Å². The summed E-state index contributed by atoms with van der Waals surface area (Å²) in [7, 11) is 2.14. The standard InChI is InChI=1S/C11H20N2/c1-4-5-6-7-8-11-9-13(3)10(2)12-11/h9H,4-8H2,1-3H3/p+1. The van der Waals surface area contributed by atoms with Crippen LogP contribution < -0.4 is 4.90 Å². The van der Waals surface area contributed by atoms with Crippen molar-refractivity contribution in [1.29, 1.82) is 0 Å². The molecule has 1 heterocycles. The molecule has 2 nitrogen and oxygen atoms in total. The number of hydrogen-bond donors (Lipinski definition) is 1. The number of amidine groups is 1. The molecule has 0 aromatic heterocycles. The first-order chi connectivity index (χ1) is 6.24. The SMILES string of the molecule is CCCCCCC1=C[NH+](C)C(C)=N1. The molecule has 1 N–H and O–H groups in total. The van der Waals surface area contributed by atoms with Gasteiger partial charge in [-0.05, 0) is 12.8 Å². The second-order valence-electron chi connectivity index (χ2n) is 3.83. The number of unbranched alkanes of at least 4 members (excludes halogenated alkanes) is 3. The van der Waals surface area contributed by atoms with Gasteiger partial charge < -0.3 is 0 Å². The lowest BCUT2D eigenvalue weighted by molar-refractivity contribution is -0.719. The summed E-state index contributed by atoms with van der Waals surface area (Å²) in [6.07, 6.45) is 8.70. The van der Waals surface area contributed by atoms with Crippen LogP contribution in [0.15, 0.2) is 16.9 Å². The monoisotopic (exact) mass is 181 g/mol. The molecule has 2 heteroatoms. The van der Waals surface area contributed by atoms with E-state index in [2.05, 4.69) is 32.1 Å². The molecular formula is C11H21N2+. The summed E-state index contributed by atoms with van der Waals surface area (Å²) in [5.41, 5.74) is 1.28. The Kier molecular flexibility index (Phi) is 4.16. The third-order valence-electron chi connectivity index (χ3n) is 2.55. The normalized spacial score (nSPS) is 21.6. The molecule has 0 amide bonds. The molecule has 1 aliphatic heterocycles. The minimum atomic E-state index is 1.16. The molecule has 0 saturated carbocycles. The van der Waals surface area contributed by atoms with E-state index in [4.69, 9.17) is 0 Å². The number of aliphatic imine (C=N–C) groups is 1. The minimum Gasteiger partial charge on any atom is -0.265 e. The van der Waals surface area contributed by atoms with Gasteiger partial charge >= 0.3 is 0 Å². The van der Waals surface area contributed by atoms with Crippen molar-refractivity contribution in [3.8, 4) is 0 Å². The summed E-state index contributed by atoms with van der Waals surface area (Å²) in [4.78, 5) is 5.85. The number of allylic oxidation sites excluding steroid dienone is 1. The molecule has 1 rings (SSSR count). The maximum Gasteiger partial charge on any atom is 0.202 e. The van der Waals surface area contributed by atoms with Crippen molar-refractivity contribution in [3.05, 3.63) is 11.9 Å². The van der Waals surface area contributed by atoms with Crippen LogP contribution in [0.5, 0.6) is 0 Å². The average molecular weight is 181 g/mol. The van der Waals surface area contributed by atoms with Crippen LogP contribution in [0.25, 0.3) is 0 Å². The summed E-state index contributed by atoms with van der Waals surface area (Å²) >= 11 is 0. The Morgan fingerprint density at radius 3 is 2.62 bits per heavy atom. The highest BCUT2D eigenvalue weighted by molar-refractivity contribution is 5.73. The highest BCUT2D eigenvalue weighted by Gasteiger charge is 2.13. The lowest BCUT2D eigenvalue weighted by atomic mass is 10.1. The molecular weight excluding hydrogens is 160 g/mol. The lowest BCUT2D eigenvalue weighted by Gasteiger charge is -1.97. The molecule has 1 unspecified atom stereocenters. The van der Waals surface area contributed by atoms with Crippen LogP contribution in [0.1, 0.15) is 46.0 Å². The third-order valence-corrected chi connectivity index (χ3v) is 2.55. The Morgan fingerprint density at radius 2 is 2.08 bits per heavy atom. The summed E-state index contributed by atoms with van der Waals surface area (Å²) in [5, 5.41) is 0. The van der Waals surface area contributed by atoms with Gasteiger partial charge in [-0.3, -0.25) is 4.90 Å². The van der Waals surface area contributed by atoms with Crippen LogP contribution in [0, 0.1) is 0 Å². The number of nitrogens with one attached hydrogen (secondary N) is 1. The first kappa shape index (κ1) is 10.5. The third kappa shape index (κ3) is 3.31. The first-order valence-electron chi connectivity index (χ1n) is 5.34. The molecule has 1 aliphatic rings. The molecule has 1 atom stereocenters. The van der Waals surface area contributed by atoms with Gasteiger partial charge in [-0.15, -0.1) is 0 Å². The molecule has 0 bridgehead atoms. The Bertz CT molecular complexity index is 216. The molecule has 0 fully saturated rings. The Balaban J connectivity index is 2.20. The van der Waals surface area contributed by atoms with Crippen molar-refractivity contribution in [1.82, 2.24) is 0 Å². The van der Waals surface area contributed by atoms with Gasteiger partial charge in [-0.25, -0.2) is 0 Å². The average Bonchev–Trinajstić information content (AvgIpc) is 2.41. The van der Waals surface area contributed by atoms with E-state index in [0.717, 1.165) is 6.42 Å². The van der Waals surface area contributed by atoms with Gasteiger partial charge in [0.15, 0.2) is 0 Å². The molecule has 0 saturated heterocycles. The van der Waals surface area contributed by atoms with Crippen molar-refractivity contribution >= 4 is 5.84 Å². The topological polar surface area (TPSA) is 16.8 Å². The smallest absolute Gasteiger partial charge is 0.202 e. The van der Waals surface area contributed by atoms with Crippen LogP contribution in [-0.4, -0.2) is 12.9 Å². The summed E-state index contributed by atoms with van der Waals surface area (Å²) in [6.45, 7) is 4.33. The van der Waals surface area contributed by atoms with Gasteiger partial charge in [0.25, 0.3) is 0 Å². The zero-order chi connectivity index (χ0) is 9.68. The number of nitrogens with zero attached hydrogens (tertiary/aromatic N) is 1. The van der Waals surface area contributed by atoms with Crippen molar-refractivity contribution in [2.24, 2.45) is 4.99 Å². The highest BCUT2D eigenvalue weighted by Crippen LogP contribution is 2.11. The van der Waals surface area contributed by atoms with Gasteiger partial charge in [0, 0.05) is 6.92 Å². The fourth-order valence-corrected chi connectivity index (χ4v) is 1.55. The minimum absolute atomic E-state index is 1.16. The highest BCUT2D eigenvalue weighted by atomic mass is 15.2. The second-order valence-corrected chi connectivity index (χ2v) is 3.83. The van der Waals surface area contributed by atoms with Crippen molar-refractivity contribution in [3.63, 3.8) is 0 Å². The zero-order valence-corrected chi connectivity index (χ0v) is 9.06. The number of quaternary nitrogens is 1. The van der Waals surface area contributed by atoms with Crippen LogP contribution in [0.4, 0.5) is 0 Å². The van der Waals surface area contributed by atoms with E-state index in [1.165, 1.54) is 42.1 Å². The summed E-state index contributed by atoms with van der Waals surface area (Å²) in [6, 6.07) is 0. The van der Waals surface area contributed by atoms with E-state index in [9.17, 15) is 0 Å². The first-order valence-corrected chi connectivity index (χ1v) is 5.34. The lowest BCUT2D eigenvalue weighted by Crippen LogP contribution is -3.05. The maximum absolute atomic E-state index is 4.51. The quantitative estimate of drug-likeness (QED) is 0.622. The summed E-state index contributed by atoms with van der Waals surface area (Å²) < 4.78 is 0. The van der Waals surface area contributed by atoms with E-state index in [-0.39, 0.29) is 0 Å². The zero-order valence-electron chi connectivity index (χ0n) is 9.06. The largest absolute Gasteiger partial charge is 0.265 e. The molecule has 74 valence electrons. The fraction of sp³-hybridized carbons (Fsp3) is 0.727. The van der Waals surface area contributed by atoms with E-state index < -0.39 is 0 Å². The molecule has 0 aromatic carbocycles. The molecule has 0 aromatic rings. The van der Waals surface area contributed by atoms with Gasteiger partial charge in [-0.1, -0.05) is 26.2 Å². The predicted octanol–water partition coefficient (Wildman–Crippen LogP) is 1.74. The Hall–Kier alpha value is -0.630.